The lowest BCUT2D eigenvalue weighted by molar-refractivity contribution is -0.138. The van der Waals surface area contributed by atoms with Gasteiger partial charge in [-0.25, -0.2) is 4.79 Å². The molecule has 0 fully saturated rings. The van der Waals surface area contributed by atoms with Gasteiger partial charge in [-0.15, -0.1) is 0 Å². The minimum Gasteiger partial charge on any atom is -0.462 e. The van der Waals surface area contributed by atoms with Crippen LogP contribution in [0.3, 0.4) is 0 Å². The van der Waals surface area contributed by atoms with Crippen LogP contribution in [0.1, 0.15) is 23.6 Å². The van der Waals surface area contributed by atoms with Gasteiger partial charge in [-0.1, -0.05) is 78.9 Å². The number of aliphatic hydroxyl groups excluding tert-OH is 1. The molecule has 0 aliphatic carbocycles. The van der Waals surface area contributed by atoms with Crippen LogP contribution in [-0.4, -0.2) is 17.7 Å². The SMILES string of the molecule is C=C(C)C(=O)OCCc1cc(-c2ccc(C)cc2)ccc1-c1ccc(CO)cc1. The van der Waals surface area contributed by atoms with Crippen LogP contribution >= 0.6 is 0 Å². The maximum atomic E-state index is 11.7. The van der Waals surface area contributed by atoms with E-state index in [-0.39, 0.29) is 12.6 Å². The highest BCUT2D eigenvalue weighted by molar-refractivity contribution is 5.87. The van der Waals surface area contributed by atoms with Gasteiger partial charge < -0.3 is 9.84 Å². The zero-order valence-electron chi connectivity index (χ0n) is 16.9. The summed E-state index contributed by atoms with van der Waals surface area (Å²) in [6, 6.07) is 22.7. The monoisotopic (exact) mass is 386 g/mol. The lowest BCUT2D eigenvalue weighted by Crippen LogP contribution is -2.08. The Bertz CT molecular complexity index is 999. The normalized spacial score (nSPS) is 10.6. The number of hydrogen-bond acceptors (Lipinski definition) is 3. The molecule has 3 aromatic rings. The summed E-state index contributed by atoms with van der Waals surface area (Å²) in [6.45, 7) is 7.67. The molecule has 0 aliphatic rings. The molecule has 0 aromatic heterocycles. The van der Waals surface area contributed by atoms with E-state index in [1.807, 2.05) is 24.3 Å². The molecular formula is C26H26O3. The predicted octanol–water partition coefficient (Wildman–Crippen LogP) is 5.48. The van der Waals surface area contributed by atoms with E-state index in [2.05, 4.69) is 56.0 Å². The van der Waals surface area contributed by atoms with Crippen molar-refractivity contribution >= 4 is 5.97 Å². The Kier molecular flexibility index (Phi) is 6.63. The molecule has 148 valence electrons. The van der Waals surface area contributed by atoms with Gasteiger partial charge in [-0.2, -0.15) is 0 Å². The molecule has 1 N–H and O–H groups in total. The summed E-state index contributed by atoms with van der Waals surface area (Å²) < 4.78 is 5.32. The van der Waals surface area contributed by atoms with E-state index in [0.29, 0.717) is 18.6 Å². The minimum absolute atomic E-state index is 0.0242. The summed E-state index contributed by atoms with van der Waals surface area (Å²) in [5.74, 6) is -0.367. The summed E-state index contributed by atoms with van der Waals surface area (Å²) in [7, 11) is 0. The highest BCUT2D eigenvalue weighted by atomic mass is 16.5. The average Bonchev–Trinajstić information content (AvgIpc) is 2.74. The quantitative estimate of drug-likeness (QED) is 0.432. The van der Waals surface area contributed by atoms with E-state index >= 15 is 0 Å². The van der Waals surface area contributed by atoms with Gasteiger partial charge in [0, 0.05) is 12.0 Å². The molecule has 0 spiro atoms. The Labute approximate surface area is 172 Å². The summed E-state index contributed by atoms with van der Waals surface area (Å²) in [5, 5.41) is 9.29. The molecule has 0 atom stereocenters. The molecule has 0 unspecified atom stereocenters. The molecule has 0 radical (unpaired) electrons. The van der Waals surface area contributed by atoms with E-state index in [9.17, 15) is 9.90 Å². The summed E-state index contributed by atoms with van der Waals surface area (Å²) in [4.78, 5) is 11.7. The van der Waals surface area contributed by atoms with E-state index < -0.39 is 0 Å². The van der Waals surface area contributed by atoms with Crippen molar-refractivity contribution in [3.05, 3.63) is 95.6 Å². The Morgan fingerprint density at radius 3 is 2.17 bits per heavy atom. The fourth-order valence-electron chi connectivity index (χ4n) is 3.17. The molecule has 0 saturated carbocycles. The zero-order chi connectivity index (χ0) is 20.8. The predicted molar refractivity (Wildman–Crippen MR) is 117 cm³/mol. The fraction of sp³-hybridized carbons (Fsp3) is 0.192. The molecule has 3 nitrogen and oxygen atoms in total. The Hall–Kier alpha value is -3.17. The molecule has 29 heavy (non-hydrogen) atoms. The lowest BCUT2D eigenvalue weighted by atomic mass is 9.93. The molecule has 0 heterocycles. The third-order valence-electron chi connectivity index (χ3n) is 4.89. The van der Waals surface area contributed by atoms with Gasteiger partial charge >= 0.3 is 5.97 Å². The molecule has 3 rings (SSSR count). The van der Waals surface area contributed by atoms with E-state index in [0.717, 1.165) is 33.4 Å². The zero-order valence-corrected chi connectivity index (χ0v) is 16.9. The fourth-order valence-corrected chi connectivity index (χ4v) is 3.17. The van der Waals surface area contributed by atoms with Crippen LogP contribution in [0.25, 0.3) is 22.3 Å². The summed E-state index contributed by atoms with van der Waals surface area (Å²) in [6.07, 6.45) is 0.607. The van der Waals surface area contributed by atoms with Crippen LogP contribution in [0.15, 0.2) is 78.9 Å². The van der Waals surface area contributed by atoms with Crippen molar-refractivity contribution in [2.45, 2.75) is 26.9 Å². The van der Waals surface area contributed by atoms with Crippen LogP contribution < -0.4 is 0 Å². The number of ether oxygens (including phenoxy) is 1. The van der Waals surface area contributed by atoms with Crippen LogP contribution in [0, 0.1) is 6.92 Å². The standard InChI is InChI=1S/C26H26O3/c1-18(2)26(28)29-15-14-24-16-23(21-8-4-19(3)5-9-21)12-13-25(24)22-10-6-20(17-27)7-11-22/h4-13,16,27H,1,14-15,17H2,2-3H3. The van der Waals surface area contributed by atoms with E-state index in [1.54, 1.807) is 6.92 Å². The molecule has 3 aromatic carbocycles. The van der Waals surface area contributed by atoms with Crippen molar-refractivity contribution in [2.75, 3.05) is 6.61 Å². The average molecular weight is 386 g/mol. The summed E-state index contributed by atoms with van der Waals surface area (Å²) in [5.41, 5.74) is 8.05. The van der Waals surface area contributed by atoms with Gasteiger partial charge in [0.15, 0.2) is 0 Å². The van der Waals surface area contributed by atoms with Crippen LogP contribution in [0.5, 0.6) is 0 Å². The first-order valence-corrected chi connectivity index (χ1v) is 9.70. The van der Waals surface area contributed by atoms with Gasteiger partial charge in [-0.05, 0) is 47.2 Å². The van der Waals surface area contributed by atoms with Crippen molar-refractivity contribution in [2.24, 2.45) is 0 Å². The molecular weight excluding hydrogens is 360 g/mol. The number of hydrogen-bond donors (Lipinski definition) is 1. The highest BCUT2D eigenvalue weighted by Gasteiger charge is 2.10. The second kappa shape index (κ2) is 9.35. The van der Waals surface area contributed by atoms with Crippen molar-refractivity contribution < 1.29 is 14.6 Å². The number of carbonyl (C=O) groups is 1. The topological polar surface area (TPSA) is 46.5 Å². The third kappa shape index (κ3) is 5.21. The third-order valence-corrected chi connectivity index (χ3v) is 4.89. The van der Waals surface area contributed by atoms with Crippen molar-refractivity contribution in [1.29, 1.82) is 0 Å². The van der Waals surface area contributed by atoms with Gasteiger partial charge in [0.25, 0.3) is 0 Å². The van der Waals surface area contributed by atoms with Gasteiger partial charge in [0.05, 0.1) is 13.2 Å². The molecule has 0 aliphatic heterocycles. The first kappa shape index (κ1) is 20.6. The second-order valence-corrected chi connectivity index (χ2v) is 7.26. The van der Waals surface area contributed by atoms with Crippen molar-refractivity contribution in [3.63, 3.8) is 0 Å². The van der Waals surface area contributed by atoms with Crippen LogP contribution in [-0.2, 0) is 22.6 Å². The number of aryl methyl sites for hydroxylation is 1. The first-order valence-electron chi connectivity index (χ1n) is 9.70. The van der Waals surface area contributed by atoms with Crippen molar-refractivity contribution in [3.8, 4) is 22.3 Å². The highest BCUT2D eigenvalue weighted by Crippen LogP contribution is 2.30. The largest absolute Gasteiger partial charge is 0.462 e. The first-order chi connectivity index (χ1) is 14.0. The van der Waals surface area contributed by atoms with Crippen LogP contribution in [0.4, 0.5) is 0 Å². The maximum Gasteiger partial charge on any atom is 0.333 e. The number of aliphatic hydroxyl groups is 1. The molecule has 0 saturated heterocycles. The Balaban J connectivity index is 1.93. The van der Waals surface area contributed by atoms with E-state index in [4.69, 9.17) is 4.74 Å². The van der Waals surface area contributed by atoms with Crippen LogP contribution in [0.2, 0.25) is 0 Å². The summed E-state index contributed by atoms with van der Waals surface area (Å²) >= 11 is 0. The number of carbonyl (C=O) groups excluding carboxylic acids is 1. The Morgan fingerprint density at radius 2 is 1.55 bits per heavy atom. The van der Waals surface area contributed by atoms with E-state index in [1.165, 1.54) is 5.56 Å². The molecule has 3 heteroatoms. The number of benzene rings is 3. The number of rotatable bonds is 7. The second-order valence-electron chi connectivity index (χ2n) is 7.26. The smallest absolute Gasteiger partial charge is 0.333 e. The van der Waals surface area contributed by atoms with Gasteiger partial charge in [-0.3, -0.25) is 0 Å². The van der Waals surface area contributed by atoms with Gasteiger partial charge in [0.1, 0.15) is 0 Å². The maximum absolute atomic E-state index is 11.7. The Morgan fingerprint density at radius 1 is 0.931 bits per heavy atom. The molecule has 0 bridgehead atoms. The van der Waals surface area contributed by atoms with Gasteiger partial charge in [0.2, 0.25) is 0 Å². The molecule has 0 amide bonds. The number of esters is 1. The van der Waals surface area contributed by atoms with Crippen molar-refractivity contribution in [1.82, 2.24) is 0 Å². The minimum atomic E-state index is -0.367. The lowest BCUT2D eigenvalue weighted by Gasteiger charge is -2.14.